The number of nitrogens with zero attached hydrogens (tertiary/aromatic N) is 2. The molecule has 0 aliphatic carbocycles. The summed E-state index contributed by atoms with van der Waals surface area (Å²) < 4.78 is 1.01. The lowest BCUT2D eigenvalue weighted by Gasteiger charge is -2.08. The molecule has 1 amide bonds. The number of anilines is 1. The van der Waals surface area contributed by atoms with Crippen molar-refractivity contribution in [1.29, 1.82) is 0 Å². The molecule has 2 aromatic heterocycles. The van der Waals surface area contributed by atoms with Crippen molar-refractivity contribution in [3.8, 4) is 0 Å². The van der Waals surface area contributed by atoms with Gasteiger partial charge in [-0.15, -0.1) is 11.3 Å². The summed E-state index contributed by atoms with van der Waals surface area (Å²) in [6, 6.07) is 8.93. The molecule has 3 aromatic rings. The van der Waals surface area contributed by atoms with Gasteiger partial charge in [-0.05, 0) is 23.6 Å². The number of carbonyl (C=O) groups is 1. The Morgan fingerprint density at radius 2 is 2.05 bits per heavy atom. The summed E-state index contributed by atoms with van der Waals surface area (Å²) >= 11 is 7.57. The molecule has 0 radical (unpaired) electrons. The lowest BCUT2D eigenvalue weighted by molar-refractivity contribution is 0.0955. The van der Waals surface area contributed by atoms with Gasteiger partial charge in [0.15, 0.2) is 0 Å². The lowest BCUT2D eigenvalue weighted by Crippen LogP contribution is -2.29. The Hall–Kier alpha value is -2.18. The largest absolute Gasteiger partial charge is 0.367 e. The number of fused-ring (bicyclic) bond motifs is 1. The average molecular weight is 333 g/mol. The van der Waals surface area contributed by atoms with E-state index in [1.54, 1.807) is 35.6 Å². The van der Waals surface area contributed by atoms with Crippen LogP contribution >= 0.6 is 22.9 Å². The maximum Gasteiger partial charge on any atom is 0.252 e. The second kappa shape index (κ2) is 6.72. The second-order valence-electron chi connectivity index (χ2n) is 4.52. The van der Waals surface area contributed by atoms with E-state index in [1.165, 1.54) is 6.33 Å². The number of carbonyl (C=O) groups excluding carboxylic acids is 1. The van der Waals surface area contributed by atoms with E-state index in [0.29, 0.717) is 23.7 Å². The highest BCUT2D eigenvalue weighted by molar-refractivity contribution is 7.17. The van der Waals surface area contributed by atoms with Gasteiger partial charge in [0.05, 0.1) is 20.8 Å². The molecule has 0 saturated carbocycles. The first kappa shape index (κ1) is 14.7. The quantitative estimate of drug-likeness (QED) is 0.704. The monoisotopic (exact) mass is 332 g/mol. The Morgan fingerprint density at radius 3 is 2.91 bits per heavy atom. The Bertz CT molecular complexity index is 805. The Balaban J connectivity index is 1.55. The van der Waals surface area contributed by atoms with Crippen LogP contribution in [0.2, 0.25) is 5.02 Å². The highest BCUT2D eigenvalue weighted by Crippen LogP contribution is 2.24. The minimum atomic E-state index is -0.184. The number of hydrogen-bond donors (Lipinski definition) is 2. The van der Waals surface area contributed by atoms with Crippen LogP contribution in [0.1, 0.15) is 10.4 Å². The molecule has 0 unspecified atom stereocenters. The normalized spacial score (nSPS) is 10.6. The molecule has 0 aliphatic heterocycles. The van der Waals surface area contributed by atoms with Crippen molar-refractivity contribution in [2.24, 2.45) is 0 Å². The van der Waals surface area contributed by atoms with Gasteiger partial charge >= 0.3 is 0 Å². The zero-order valence-corrected chi connectivity index (χ0v) is 13.1. The van der Waals surface area contributed by atoms with Gasteiger partial charge in [0.25, 0.3) is 5.91 Å². The highest BCUT2D eigenvalue weighted by Gasteiger charge is 2.09. The molecule has 2 heterocycles. The molecule has 3 rings (SSSR count). The van der Waals surface area contributed by atoms with Crippen LogP contribution in [0.4, 0.5) is 5.82 Å². The molecule has 0 saturated heterocycles. The van der Waals surface area contributed by atoms with Gasteiger partial charge in [0.2, 0.25) is 0 Å². The van der Waals surface area contributed by atoms with Crippen LogP contribution < -0.4 is 10.6 Å². The predicted octanol–water partition coefficient (Wildman–Crippen LogP) is 3.19. The van der Waals surface area contributed by atoms with Crippen molar-refractivity contribution in [2.45, 2.75) is 0 Å². The van der Waals surface area contributed by atoms with Crippen LogP contribution in [0, 0.1) is 0 Å². The average Bonchev–Trinajstić information content (AvgIpc) is 3.01. The van der Waals surface area contributed by atoms with Crippen LogP contribution in [-0.4, -0.2) is 29.0 Å². The van der Waals surface area contributed by atoms with Crippen LogP contribution in [-0.2, 0) is 0 Å². The zero-order valence-electron chi connectivity index (χ0n) is 11.5. The number of nitrogens with one attached hydrogen (secondary N) is 2. The maximum atomic E-state index is 12.0. The first-order chi connectivity index (χ1) is 10.8. The van der Waals surface area contributed by atoms with Gasteiger partial charge in [-0.2, -0.15) is 0 Å². The van der Waals surface area contributed by atoms with E-state index in [0.717, 1.165) is 16.0 Å². The molecule has 0 spiro atoms. The Morgan fingerprint density at radius 1 is 1.18 bits per heavy atom. The molecule has 7 heteroatoms. The van der Waals surface area contributed by atoms with Gasteiger partial charge in [-0.3, -0.25) is 4.79 Å². The number of benzene rings is 1. The molecule has 0 atom stereocenters. The molecule has 1 aromatic carbocycles. The van der Waals surface area contributed by atoms with Crippen LogP contribution in [0.15, 0.2) is 42.0 Å². The smallest absolute Gasteiger partial charge is 0.252 e. The summed E-state index contributed by atoms with van der Waals surface area (Å²) in [5.41, 5.74) is 1.40. The van der Waals surface area contributed by atoms with Crippen molar-refractivity contribution < 1.29 is 4.79 Å². The van der Waals surface area contributed by atoms with E-state index >= 15 is 0 Å². The Kier molecular flexibility index (Phi) is 4.50. The van der Waals surface area contributed by atoms with E-state index in [4.69, 9.17) is 11.6 Å². The van der Waals surface area contributed by atoms with Gasteiger partial charge in [-0.1, -0.05) is 23.7 Å². The molecular weight excluding hydrogens is 320 g/mol. The topological polar surface area (TPSA) is 66.9 Å². The Labute approximate surface area is 136 Å². The fourth-order valence-corrected chi connectivity index (χ4v) is 3.04. The molecule has 22 heavy (non-hydrogen) atoms. The molecule has 2 N–H and O–H groups in total. The SMILES string of the molecule is O=C(NCCNc1ncnc2ccsc12)c1ccccc1Cl. The van der Waals surface area contributed by atoms with Gasteiger partial charge < -0.3 is 10.6 Å². The zero-order chi connectivity index (χ0) is 15.4. The predicted molar refractivity (Wildman–Crippen MR) is 89.7 cm³/mol. The minimum absolute atomic E-state index is 0.184. The van der Waals surface area contributed by atoms with Crippen molar-refractivity contribution >= 4 is 44.9 Å². The van der Waals surface area contributed by atoms with E-state index < -0.39 is 0 Å². The third-order valence-corrected chi connectivity index (χ3v) is 4.30. The standard InChI is InChI=1S/C15H13ClN4OS/c16-11-4-2-1-3-10(11)15(21)18-7-6-17-14-13-12(5-8-22-13)19-9-20-14/h1-5,8-9H,6-7H2,(H,18,21)(H,17,19,20). The van der Waals surface area contributed by atoms with E-state index in [1.807, 2.05) is 11.4 Å². The number of amides is 1. The van der Waals surface area contributed by atoms with Crippen molar-refractivity contribution in [3.05, 3.63) is 52.6 Å². The van der Waals surface area contributed by atoms with Crippen molar-refractivity contribution in [2.75, 3.05) is 18.4 Å². The summed E-state index contributed by atoms with van der Waals surface area (Å²) in [6.45, 7) is 1.04. The number of hydrogen-bond acceptors (Lipinski definition) is 5. The number of aromatic nitrogens is 2. The highest BCUT2D eigenvalue weighted by atomic mass is 35.5. The number of rotatable bonds is 5. The van der Waals surface area contributed by atoms with Crippen molar-refractivity contribution in [3.63, 3.8) is 0 Å². The first-order valence-corrected chi connectivity index (χ1v) is 7.96. The lowest BCUT2D eigenvalue weighted by atomic mass is 10.2. The van der Waals surface area contributed by atoms with Crippen LogP contribution in [0.5, 0.6) is 0 Å². The van der Waals surface area contributed by atoms with E-state index in [9.17, 15) is 4.79 Å². The van der Waals surface area contributed by atoms with E-state index in [-0.39, 0.29) is 5.91 Å². The first-order valence-electron chi connectivity index (χ1n) is 6.70. The molecule has 0 aliphatic rings. The molecule has 112 valence electrons. The molecule has 0 bridgehead atoms. The maximum absolute atomic E-state index is 12.0. The van der Waals surface area contributed by atoms with Crippen molar-refractivity contribution in [1.82, 2.24) is 15.3 Å². The van der Waals surface area contributed by atoms with Crippen LogP contribution in [0.25, 0.3) is 10.2 Å². The summed E-state index contributed by atoms with van der Waals surface area (Å²) in [5, 5.41) is 8.46. The minimum Gasteiger partial charge on any atom is -0.367 e. The summed E-state index contributed by atoms with van der Waals surface area (Å²) in [6.07, 6.45) is 1.53. The van der Waals surface area contributed by atoms with Gasteiger partial charge in [0, 0.05) is 13.1 Å². The summed E-state index contributed by atoms with van der Waals surface area (Å²) in [7, 11) is 0. The molecular formula is C15H13ClN4OS. The number of thiophene rings is 1. The molecule has 5 nitrogen and oxygen atoms in total. The van der Waals surface area contributed by atoms with Crippen LogP contribution in [0.3, 0.4) is 0 Å². The van der Waals surface area contributed by atoms with E-state index in [2.05, 4.69) is 20.6 Å². The fourth-order valence-electron chi connectivity index (χ4n) is 2.01. The fraction of sp³-hybridized carbons (Fsp3) is 0.133. The number of halogens is 1. The summed E-state index contributed by atoms with van der Waals surface area (Å²) in [4.78, 5) is 20.4. The third kappa shape index (κ3) is 3.18. The second-order valence-corrected chi connectivity index (χ2v) is 5.84. The van der Waals surface area contributed by atoms with Gasteiger partial charge in [0.1, 0.15) is 12.1 Å². The molecule has 0 fully saturated rings. The summed E-state index contributed by atoms with van der Waals surface area (Å²) in [5.74, 6) is 0.600. The third-order valence-electron chi connectivity index (χ3n) is 3.06. The van der Waals surface area contributed by atoms with Gasteiger partial charge in [-0.25, -0.2) is 9.97 Å².